The van der Waals surface area contributed by atoms with E-state index in [0.29, 0.717) is 12.0 Å². The van der Waals surface area contributed by atoms with Gasteiger partial charge >= 0.3 is 12.4 Å². The van der Waals surface area contributed by atoms with E-state index in [1.807, 2.05) is 0 Å². The zero-order valence-corrected chi connectivity index (χ0v) is 23.3. The van der Waals surface area contributed by atoms with E-state index < -0.39 is 36.7 Å². The summed E-state index contributed by atoms with van der Waals surface area (Å²) in [7, 11) is 0. The van der Waals surface area contributed by atoms with E-state index in [2.05, 4.69) is 24.4 Å². The van der Waals surface area contributed by atoms with E-state index in [-0.39, 0.29) is 59.1 Å². The van der Waals surface area contributed by atoms with Crippen LogP contribution in [0.1, 0.15) is 42.9 Å². The Morgan fingerprint density at radius 1 is 0.622 bits per heavy atom. The lowest BCUT2D eigenvalue weighted by Gasteiger charge is -2.11. The van der Waals surface area contributed by atoms with Crippen LogP contribution in [0, 0.1) is 0 Å². The minimum Gasteiger partial charge on any atom is -0.433 e. The molecule has 3 rings (SSSR count). The van der Waals surface area contributed by atoms with Crippen molar-refractivity contribution in [1.82, 2.24) is 15.0 Å². The summed E-state index contributed by atoms with van der Waals surface area (Å²) in [6.07, 6.45) is -5.83. The molecule has 0 aromatic carbocycles. The van der Waals surface area contributed by atoms with Crippen LogP contribution < -0.4 is 0 Å². The third-order valence-corrected chi connectivity index (χ3v) is 5.62. The highest BCUT2D eigenvalue weighted by atomic mass is 19.4. The lowest BCUT2D eigenvalue weighted by molar-refractivity contribution is -0.141. The first-order valence-electron chi connectivity index (χ1n) is 12.8. The topological polar surface area (TPSA) is 118 Å². The van der Waals surface area contributed by atoms with Crippen LogP contribution in [-0.2, 0) is 28.6 Å². The molecule has 0 radical (unpaired) electrons. The molecule has 0 N–H and O–H groups in total. The third-order valence-electron chi connectivity index (χ3n) is 5.62. The highest BCUT2D eigenvalue weighted by Gasteiger charge is 2.31. The van der Waals surface area contributed by atoms with E-state index in [1.54, 1.807) is 19.1 Å². The summed E-state index contributed by atoms with van der Waals surface area (Å²) in [6.45, 7) is 1.73. The van der Waals surface area contributed by atoms with Gasteiger partial charge in [-0.25, -0.2) is 4.98 Å². The van der Waals surface area contributed by atoms with Gasteiger partial charge in [0.2, 0.25) is 0 Å². The van der Waals surface area contributed by atoms with Crippen molar-refractivity contribution in [3.8, 4) is 22.8 Å². The van der Waals surface area contributed by atoms with Crippen molar-refractivity contribution in [2.45, 2.75) is 38.5 Å². The Morgan fingerprint density at radius 3 is 1.38 bits per heavy atom. The number of nitrogens with zero attached hydrogens (tertiary/aromatic N) is 3. The van der Waals surface area contributed by atoms with E-state index >= 15 is 0 Å². The van der Waals surface area contributed by atoms with Gasteiger partial charge in [-0.3, -0.25) is 24.4 Å². The van der Waals surface area contributed by atoms with Crippen molar-refractivity contribution in [3.63, 3.8) is 0 Å². The van der Waals surface area contributed by atoms with Crippen LogP contribution in [0.15, 0.2) is 66.1 Å². The molecule has 3 aromatic rings. The molecule has 0 saturated heterocycles. The Hall–Kier alpha value is -5.34. The maximum absolute atomic E-state index is 12.9. The smallest absolute Gasteiger partial charge is 0.396 e. The minimum atomic E-state index is -4.65. The Labute approximate surface area is 251 Å². The van der Waals surface area contributed by atoms with Gasteiger partial charge < -0.3 is 14.2 Å². The zero-order chi connectivity index (χ0) is 33.0. The first-order chi connectivity index (χ1) is 21.3. The number of aromatic nitrogens is 3. The first-order valence-corrected chi connectivity index (χ1v) is 12.8. The molecule has 0 atom stereocenters. The fourth-order valence-corrected chi connectivity index (χ4v) is 3.86. The van der Waals surface area contributed by atoms with Gasteiger partial charge in [0.1, 0.15) is 30.1 Å². The molecule has 0 unspecified atom stereocenters. The highest BCUT2D eigenvalue weighted by Crippen LogP contribution is 2.30. The Morgan fingerprint density at radius 2 is 1.00 bits per heavy atom. The fourth-order valence-electron chi connectivity index (χ4n) is 3.86. The molecule has 9 nitrogen and oxygen atoms in total. The summed E-state index contributed by atoms with van der Waals surface area (Å²) in [5.41, 5.74) is 1.55. The largest absolute Gasteiger partial charge is 0.433 e. The Kier molecular flexibility index (Phi) is 11.7. The van der Waals surface area contributed by atoms with Crippen LogP contribution in [0.4, 0.5) is 26.3 Å². The maximum atomic E-state index is 12.9. The molecule has 0 fully saturated rings. The normalized spacial score (nSPS) is 12.8. The predicted octanol–water partition coefficient (Wildman–Crippen LogP) is 7.06. The van der Waals surface area contributed by atoms with Crippen LogP contribution >= 0.6 is 0 Å². The van der Waals surface area contributed by atoms with Gasteiger partial charge in [0.15, 0.2) is 0 Å². The number of carbonyl (C=O) groups excluding carboxylic acids is 3. The van der Waals surface area contributed by atoms with Crippen LogP contribution in [0.2, 0.25) is 0 Å². The minimum absolute atomic E-state index is 0.122. The number of hydrogen-bond acceptors (Lipinski definition) is 9. The molecule has 3 heterocycles. The molecule has 0 aliphatic heterocycles. The van der Waals surface area contributed by atoms with E-state index in [1.165, 1.54) is 42.7 Å². The van der Waals surface area contributed by atoms with Crippen LogP contribution in [0.5, 0.6) is 0 Å². The summed E-state index contributed by atoms with van der Waals surface area (Å²) >= 11 is 0. The van der Waals surface area contributed by atoms with Crippen molar-refractivity contribution in [2.75, 3.05) is 0 Å². The van der Waals surface area contributed by atoms with Gasteiger partial charge in [-0.15, -0.1) is 0 Å². The molecule has 0 amide bonds. The standard InChI is InChI=1S/C30H23F6N3O6/c1-2-22(43-16-40)9-21-12-27(25-10-19(3-5-37-25)7-23(44-17-41)14-29(31,32)33)39-28(13-21)26-11-20(4-6-38-26)8-24(45-18-42)15-30(34,35)36/h3-13,16-18H,2,14-15H2,1H3/b22-9+,23-7+,24-8+. The molecule has 0 aliphatic carbocycles. The maximum Gasteiger partial charge on any atom is 0.396 e. The van der Waals surface area contributed by atoms with Crippen molar-refractivity contribution in [1.29, 1.82) is 0 Å². The molecule has 0 spiro atoms. The first kappa shape index (κ1) is 34.2. The number of allylic oxidation sites excluding steroid dienone is 3. The van der Waals surface area contributed by atoms with Crippen LogP contribution in [0.3, 0.4) is 0 Å². The number of rotatable bonds is 14. The van der Waals surface area contributed by atoms with Gasteiger partial charge in [-0.05, 0) is 71.3 Å². The number of hydrogen-bond donors (Lipinski definition) is 0. The van der Waals surface area contributed by atoms with Gasteiger partial charge in [-0.1, -0.05) is 6.92 Å². The number of alkyl halides is 6. The summed E-state index contributed by atoms with van der Waals surface area (Å²) in [5, 5.41) is 0. The van der Waals surface area contributed by atoms with Gasteiger partial charge in [0.05, 0.1) is 22.8 Å². The second kappa shape index (κ2) is 15.4. The monoisotopic (exact) mass is 635 g/mol. The SMILES string of the molecule is CC/C(=C\c1cc(-c2cc(/C=C(\CC(F)(F)F)OC=O)ccn2)nc(-c2cc(/C=C(\CC(F)(F)F)OC=O)ccn2)c1)OC=O. The molecule has 0 bridgehead atoms. The molecular weight excluding hydrogens is 612 g/mol. The van der Waals surface area contributed by atoms with Crippen molar-refractivity contribution < 1.29 is 54.9 Å². The van der Waals surface area contributed by atoms with Crippen LogP contribution in [0.25, 0.3) is 41.0 Å². The average Bonchev–Trinajstić information content (AvgIpc) is 2.95. The summed E-state index contributed by atoms with van der Waals surface area (Å²) in [6, 6.07) is 8.63. The predicted molar refractivity (Wildman–Crippen MR) is 148 cm³/mol. The van der Waals surface area contributed by atoms with Crippen molar-refractivity contribution in [2.24, 2.45) is 0 Å². The molecule has 236 valence electrons. The van der Waals surface area contributed by atoms with Crippen LogP contribution in [-0.4, -0.2) is 46.7 Å². The summed E-state index contributed by atoms with van der Waals surface area (Å²) in [4.78, 5) is 45.5. The quantitative estimate of drug-likeness (QED) is 0.0794. The lowest BCUT2D eigenvalue weighted by atomic mass is 10.1. The molecule has 15 heteroatoms. The highest BCUT2D eigenvalue weighted by molar-refractivity contribution is 5.71. The Balaban J connectivity index is 2.16. The number of ether oxygens (including phenoxy) is 3. The fraction of sp³-hybridized carbons (Fsp3) is 0.200. The van der Waals surface area contributed by atoms with E-state index in [9.17, 15) is 40.7 Å². The van der Waals surface area contributed by atoms with Gasteiger partial charge in [0, 0.05) is 18.8 Å². The molecule has 3 aromatic heterocycles. The molecule has 45 heavy (non-hydrogen) atoms. The number of halogens is 6. The summed E-state index contributed by atoms with van der Waals surface area (Å²) < 4.78 is 91.6. The molecule has 0 saturated carbocycles. The Bertz CT molecular complexity index is 1510. The van der Waals surface area contributed by atoms with Crippen molar-refractivity contribution >= 4 is 37.6 Å². The molecular formula is C30H23F6N3O6. The van der Waals surface area contributed by atoms with E-state index in [0.717, 1.165) is 12.2 Å². The van der Waals surface area contributed by atoms with Crippen molar-refractivity contribution in [3.05, 3.63) is 82.8 Å². The second-order valence-corrected chi connectivity index (χ2v) is 9.03. The summed E-state index contributed by atoms with van der Waals surface area (Å²) in [5.74, 6) is -1.04. The zero-order valence-electron chi connectivity index (χ0n) is 23.3. The second-order valence-electron chi connectivity index (χ2n) is 9.03. The average molecular weight is 636 g/mol. The number of carbonyl (C=O) groups is 3. The third kappa shape index (κ3) is 11.3. The number of pyridine rings is 3. The van der Waals surface area contributed by atoms with E-state index in [4.69, 9.17) is 4.74 Å². The molecule has 0 aliphatic rings. The lowest BCUT2D eigenvalue weighted by Crippen LogP contribution is -2.10. The van der Waals surface area contributed by atoms with Gasteiger partial charge in [-0.2, -0.15) is 26.3 Å². The van der Waals surface area contributed by atoms with Gasteiger partial charge in [0.25, 0.3) is 19.4 Å².